The molecule has 1 aliphatic carbocycles. The number of alkyl carbamates (subject to hydrolysis) is 1. The Morgan fingerprint density at radius 1 is 1.15 bits per heavy atom. The number of carbonyl (C=O) groups excluding carboxylic acids is 1. The second-order valence-corrected chi connectivity index (χ2v) is 7.71. The first-order chi connectivity index (χ1) is 9.05. The molecular formula is C16H31NO3. The Labute approximate surface area is 123 Å². The molecule has 4 nitrogen and oxygen atoms in total. The van der Waals surface area contributed by atoms with Gasteiger partial charge in [0.25, 0.3) is 0 Å². The monoisotopic (exact) mass is 285 g/mol. The van der Waals surface area contributed by atoms with Crippen molar-refractivity contribution in [2.24, 2.45) is 5.92 Å². The lowest BCUT2D eigenvalue weighted by molar-refractivity contribution is 0.0477. The predicted octanol–water partition coefficient (Wildman–Crippen LogP) is 3.62. The lowest BCUT2D eigenvalue weighted by Crippen LogP contribution is -2.41. The van der Waals surface area contributed by atoms with Crippen LogP contribution in [0.4, 0.5) is 4.79 Å². The number of carbonyl (C=O) groups is 1. The maximum atomic E-state index is 11.7. The third-order valence-corrected chi connectivity index (χ3v) is 3.73. The van der Waals surface area contributed by atoms with Gasteiger partial charge in [-0.3, -0.25) is 0 Å². The quantitative estimate of drug-likeness (QED) is 0.829. The van der Waals surface area contributed by atoms with Gasteiger partial charge in [-0.2, -0.15) is 0 Å². The molecule has 0 unspecified atom stereocenters. The number of aliphatic hydroxyl groups is 1. The second kappa shape index (κ2) is 6.79. The number of amides is 1. The third kappa shape index (κ3) is 7.73. The SMILES string of the molecule is CC(C)(O)CC[C@H]1CC[C@H](NC(=O)OC(C)(C)C)CC1. The highest BCUT2D eigenvalue weighted by Crippen LogP contribution is 2.29. The molecule has 1 saturated carbocycles. The average Bonchev–Trinajstić information content (AvgIpc) is 2.24. The Bertz CT molecular complexity index is 307. The minimum atomic E-state index is -0.564. The predicted molar refractivity (Wildman–Crippen MR) is 80.6 cm³/mol. The molecular weight excluding hydrogens is 254 g/mol. The molecule has 0 radical (unpaired) electrons. The number of nitrogens with one attached hydrogen (secondary N) is 1. The molecule has 0 spiro atoms. The Morgan fingerprint density at radius 2 is 1.70 bits per heavy atom. The molecule has 1 rings (SSSR count). The fraction of sp³-hybridized carbons (Fsp3) is 0.938. The van der Waals surface area contributed by atoms with Crippen molar-refractivity contribution in [3.05, 3.63) is 0 Å². The topological polar surface area (TPSA) is 58.6 Å². The van der Waals surface area contributed by atoms with Gasteiger partial charge in [-0.15, -0.1) is 0 Å². The van der Waals surface area contributed by atoms with Crippen LogP contribution in [0.5, 0.6) is 0 Å². The van der Waals surface area contributed by atoms with Crippen molar-refractivity contribution in [3.63, 3.8) is 0 Å². The molecule has 118 valence electrons. The number of hydrogen-bond donors (Lipinski definition) is 2. The zero-order valence-corrected chi connectivity index (χ0v) is 13.7. The summed E-state index contributed by atoms with van der Waals surface area (Å²) >= 11 is 0. The first-order valence-corrected chi connectivity index (χ1v) is 7.77. The molecule has 0 aromatic carbocycles. The molecule has 1 fully saturated rings. The molecule has 2 N–H and O–H groups in total. The Morgan fingerprint density at radius 3 is 2.15 bits per heavy atom. The fourth-order valence-corrected chi connectivity index (χ4v) is 2.63. The van der Waals surface area contributed by atoms with Gasteiger partial charge in [0.1, 0.15) is 5.60 Å². The summed E-state index contributed by atoms with van der Waals surface area (Å²) in [5, 5.41) is 12.7. The van der Waals surface area contributed by atoms with E-state index in [1.807, 2.05) is 34.6 Å². The summed E-state index contributed by atoms with van der Waals surface area (Å²) in [5.41, 5.74) is -1.00. The summed E-state index contributed by atoms with van der Waals surface area (Å²) in [6, 6.07) is 0.239. The Hall–Kier alpha value is -0.770. The Kier molecular flexibility index (Phi) is 5.87. The van der Waals surface area contributed by atoms with E-state index >= 15 is 0 Å². The van der Waals surface area contributed by atoms with Crippen LogP contribution in [0.15, 0.2) is 0 Å². The number of ether oxygens (including phenoxy) is 1. The van der Waals surface area contributed by atoms with Crippen LogP contribution in [0.2, 0.25) is 0 Å². The number of rotatable bonds is 4. The maximum absolute atomic E-state index is 11.7. The van der Waals surface area contributed by atoms with E-state index in [-0.39, 0.29) is 12.1 Å². The van der Waals surface area contributed by atoms with E-state index in [2.05, 4.69) is 5.32 Å². The summed E-state index contributed by atoms with van der Waals surface area (Å²) in [5.74, 6) is 0.679. The largest absolute Gasteiger partial charge is 0.444 e. The van der Waals surface area contributed by atoms with Gasteiger partial charge in [-0.25, -0.2) is 4.79 Å². The summed E-state index contributed by atoms with van der Waals surface area (Å²) in [4.78, 5) is 11.7. The first kappa shape index (κ1) is 17.3. The number of hydrogen-bond acceptors (Lipinski definition) is 3. The van der Waals surface area contributed by atoms with E-state index in [4.69, 9.17) is 4.74 Å². The molecule has 0 aliphatic heterocycles. The van der Waals surface area contributed by atoms with Crippen molar-refractivity contribution in [2.75, 3.05) is 0 Å². The first-order valence-electron chi connectivity index (χ1n) is 7.77. The zero-order valence-electron chi connectivity index (χ0n) is 13.7. The van der Waals surface area contributed by atoms with Crippen LogP contribution >= 0.6 is 0 Å². The van der Waals surface area contributed by atoms with Crippen molar-refractivity contribution in [2.45, 2.75) is 90.4 Å². The zero-order chi connectivity index (χ0) is 15.4. The maximum Gasteiger partial charge on any atom is 0.407 e. The highest BCUT2D eigenvalue weighted by molar-refractivity contribution is 5.68. The molecule has 4 heteroatoms. The van der Waals surface area contributed by atoms with Crippen molar-refractivity contribution < 1.29 is 14.6 Å². The van der Waals surface area contributed by atoms with Gasteiger partial charge >= 0.3 is 6.09 Å². The molecule has 1 aliphatic rings. The van der Waals surface area contributed by atoms with E-state index in [1.54, 1.807) is 0 Å². The Balaban J connectivity index is 2.24. The van der Waals surface area contributed by atoms with Crippen LogP contribution in [-0.4, -0.2) is 28.4 Å². The van der Waals surface area contributed by atoms with Gasteiger partial charge < -0.3 is 15.2 Å². The van der Waals surface area contributed by atoms with Crippen LogP contribution in [-0.2, 0) is 4.74 Å². The molecule has 0 saturated heterocycles. The van der Waals surface area contributed by atoms with E-state index in [9.17, 15) is 9.90 Å². The summed E-state index contributed by atoms with van der Waals surface area (Å²) in [6.45, 7) is 9.35. The van der Waals surface area contributed by atoms with Crippen molar-refractivity contribution in [1.82, 2.24) is 5.32 Å². The van der Waals surface area contributed by atoms with Gasteiger partial charge in [-0.1, -0.05) is 0 Å². The highest BCUT2D eigenvalue weighted by Gasteiger charge is 2.25. The smallest absolute Gasteiger partial charge is 0.407 e. The summed E-state index contributed by atoms with van der Waals surface area (Å²) in [6.07, 6.45) is 5.88. The van der Waals surface area contributed by atoms with Gasteiger partial charge in [0, 0.05) is 6.04 Å². The van der Waals surface area contributed by atoms with Gasteiger partial charge in [-0.05, 0) is 79.1 Å². The standard InChI is InChI=1S/C16H31NO3/c1-15(2,3)20-14(18)17-13-8-6-12(7-9-13)10-11-16(4,5)19/h12-13,19H,6-11H2,1-5H3,(H,17,18)/t12-,13-. The van der Waals surface area contributed by atoms with Crippen molar-refractivity contribution in [3.8, 4) is 0 Å². The fourth-order valence-electron chi connectivity index (χ4n) is 2.63. The molecule has 20 heavy (non-hydrogen) atoms. The van der Waals surface area contributed by atoms with Crippen LogP contribution in [0.3, 0.4) is 0 Å². The molecule has 1 amide bonds. The lowest BCUT2D eigenvalue weighted by atomic mass is 9.81. The minimum absolute atomic E-state index is 0.239. The van der Waals surface area contributed by atoms with E-state index in [0.717, 1.165) is 38.5 Å². The van der Waals surface area contributed by atoms with Gasteiger partial charge in [0.2, 0.25) is 0 Å². The van der Waals surface area contributed by atoms with Gasteiger partial charge in [0.05, 0.1) is 5.60 Å². The minimum Gasteiger partial charge on any atom is -0.444 e. The molecule has 0 heterocycles. The summed E-state index contributed by atoms with van der Waals surface area (Å²) in [7, 11) is 0. The van der Waals surface area contributed by atoms with E-state index in [1.165, 1.54) is 0 Å². The summed E-state index contributed by atoms with van der Waals surface area (Å²) < 4.78 is 5.28. The lowest BCUT2D eigenvalue weighted by Gasteiger charge is -2.31. The molecule has 0 aromatic rings. The van der Waals surface area contributed by atoms with Crippen LogP contribution < -0.4 is 5.32 Å². The highest BCUT2D eigenvalue weighted by atomic mass is 16.6. The average molecular weight is 285 g/mol. The second-order valence-electron chi connectivity index (χ2n) is 7.71. The molecule has 0 bridgehead atoms. The van der Waals surface area contributed by atoms with E-state index in [0.29, 0.717) is 5.92 Å². The van der Waals surface area contributed by atoms with Crippen LogP contribution in [0, 0.1) is 5.92 Å². The van der Waals surface area contributed by atoms with Crippen molar-refractivity contribution >= 4 is 6.09 Å². The van der Waals surface area contributed by atoms with Crippen molar-refractivity contribution in [1.29, 1.82) is 0 Å². The van der Waals surface area contributed by atoms with Gasteiger partial charge in [0.15, 0.2) is 0 Å². The van der Waals surface area contributed by atoms with Crippen LogP contribution in [0.25, 0.3) is 0 Å². The molecule has 0 atom stereocenters. The van der Waals surface area contributed by atoms with Crippen LogP contribution in [0.1, 0.15) is 73.1 Å². The third-order valence-electron chi connectivity index (χ3n) is 3.73. The van der Waals surface area contributed by atoms with E-state index < -0.39 is 11.2 Å². The normalized spacial score (nSPS) is 24.3. The molecule has 0 aromatic heterocycles.